The molecule has 0 spiro atoms. The van der Waals surface area contributed by atoms with E-state index >= 15 is 0 Å². The van der Waals surface area contributed by atoms with Crippen LogP contribution >= 0.6 is 28.1 Å². The number of nitrogens with one attached hydrogen (secondary N) is 2. The number of hydrogen-bond donors (Lipinski definition) is 2. The van der Waals surface area contributed by atoms with E-state index in [2.05, 4.69) is 31.5 Å². The van der Waals surface area contributed by atoms with E-state index in [0.29, 0.717) is 11.7 Å². The molecule has 4 nitrogen and oxygen atoms in total. The molecule has 1 atom stereocenters. The van der Waals surface area contributed by atoms with E-state index in [1.807, 2.05) is 50.5 Å². The molecule has 0 aliphatic heterocycles. The Morgan fingerprint density at radius 1 is 1.33 bits per heavy atom. The quantitative estimate of drug-likeness (QED) is 0.789. The first-order valence-electron chi connectivity index (χ1n) is 6.56. The summed E-state index contributed by atoms with van der Waals surface area (Å²) in [5, 5.41) is 6.98. The van der Waals surface area contributed by atoms with Crippen LogP contribution < -0.4 is 10.6 Å². The number of hydrogen-bond acceptors (Lipinski definition) is 3. The Balaban J connectivity index is 1.90. The topological polar surface area (TPSA) is 40.4 Å². The van der Waals surface area contributed by atoms with E-state index in [9.17, 15) is 0 Å². The summed E-state index contributed by atoms with van der Waals surface area (Å²) in [7, 11) is 4.03. The van der Waals surface area contributed by atoms with Crippen molar-refractivity contribution in [3.63, 3.8) is 0 Å². The minimum absolute atomic E-state index is 0.127. The average Bonchev–Trinajstić information content (AvgIpc) is 2.92. The van der Waals surface area contributed by atoms with Crippen molar-refractivity contribution in [2.45, 2.75) is 6.04 Å². The highest BCUT2D eigenvalue weighted by atomic mass is 79.9. The van der Waals surface area contributed by atoms with E-state index < -0.39 is 0 Å². The van der Waals surface area contributed by atoms with Crippen LogP contribution in [0.2, 0.25) is 0 Å². The third kappa shape index (κ3) is 4.84. The first-order valence-corrected chi connectivity index (χ1v) is 7.76. The Labute approximate surface area is 138 Å². The predicted octanol–water partition coefficient (Wildman–Crippen LogP) is 3.63. The van der Waals surface area contributed by atoms with Crippen LogP contribution in [-0.2, 0) is 0 Å². The van der Waals surface area contributed by atoms with Crippen LogP contribution in [0.15, 0.2) is 51.6 Å². The zero-order chi connectivity index (χ0) is 15.2. The summed E-state index contributed by atoms with van der Waals surface area (Å²) < 4.78 is 6.48. The third-order valence-electron chi connectivity index (χ3n) is 3.03. The van der Waals surface area contributed by atoms with Gasteiger partial charge in [0.2, 0.25) is 0 Å². The molecule has 0 saturated carbocycles. The first-order chi connectivity index (χ1) is 10.1. The lowest BCUT2D eigenvalue weighted by atomic mass is 10.2. The number of furan rings is 1. The molecular weight excluding hydrogens is 350 g/mol. The lowest BCUT2D eigenvalue weighted by Gasteiger charge is -2.23. The Bertz CT molecular complexity index is 586. The number of likely N-dealkylation sites (N-methyl/N-ethyl adjacent to an activating group) is 1. The van der Waals surface area contributed by atoms with Gasteiger partial charge in [0.1, 0.15) is 5.76 Å². The molecule has 2 rings (SSSR count). The van der Waals surface area contributed by atoms with Gasteiger partial charge in [-0.15, -0.1) is 0 Å². The Morgan fingerprint density at radius 3 is 2.76 bits per heavy atom. The maximum Gasteiger partial charge on any atom is 0.170 e. The highest BCUT2D eigenvalue weighted by molar-refractivity contribution is 9.10. The summed E-state index contributed by atoms with van der Waals surface area (Å²) in [4.78, 5) is 2.09. The molecule has 0 radical (unpaired) electrons. The van der Waals surface area contributed by atoms with Gasteiger partial charge in [-0.05, 0) is 56.6 Å². The van der Waals surface area contributed by atoms with E-state index in [4.69, 9.17) is 16.6 Å². The molecule has 0 saturated heterocycles. The van der Waals surface area contributed by atoms with Crippen molar-refractivity contribution in [3.8, 4) is 0 Å². The van der Waals surface area contributed by atoms with E-state index in [0.717, 1.165) is 15.9 Å². The van der Waals surface area contributed by atoms with Gasteiger partial charge < -0.3 is 15.1 Å². The van der Waals surface area contributed by atoms with Crippen LogP contribution in [-0.4, -0.2) is 30.7 Å². The van der Waals surface area contributed by atoms with E-state index in [1.54, 1.807) is 6.26 Å². The molecule has 0 aliphatic rings. The van der Waals surface area contributed by atoms with Gasteiger partial charge in [0.25, 0.3) is 0 Å². The van der Waals surface area contributed by atoms with Crippen molar-refractivity contribution in [3.05, 3.63) is 52.9 Å². The second kappa shape index (κ2) is 7.59. The summed E-state index contributed by atoms with van der Waals surface area (Å²) in [6.07, 6.45) is 1.68. The highest BCUT2D eigenvalue weighted by Crippen LogP contribution is 2.18. The van der Waals surface area contributed by atoms with Crippen LogP contribution in [0.1, 0.15) is 11.8 Å². The SMILES string of the molecule is CN(C)[C@@H](CNC(=S)Nc1cccc(Br)c1)c1ccco1. The molecule has 1 aromatic carbocycles. The van der Waals surface area contributed by atoms with E-state index in [-0.39, 0.29) is 6.04 Å². The number of benzene rings is 1. The molecule has 6 heteroatoms. The van der Waals surface area contributed by atoms with Gasteiger partial charge >= 0.3 is 0 Å². The minimum atomic E-state index is 0.127. The number of nitrogens with zero attached hydrogens (tertiary/aromatic N) is 1. The number of rotatable bonds is 5. The van der Waals surface area contributed by atoms with Crippen molar-refractivity contribution in [1.82, 2.24) is 10.2 Å². The van der Waals surface area contributed by atoms with Gasteiger partial charge in [-0.2, -0.15) is 0 Å². The van der Waals surface area contributed by atoms with Crippen molar-refractivity contribution >= 4 is 38.9 Å². The fraction of sp³-hybridized carbons (Fsp3) is 0.267. The number of thiocarbonyl (C=S) groups is 1. The second-order valence-electron chi connectivity index (χ2n) is 4.84. The third-order valence-corrected chi connectivity index (χ3v) is 3.77. The number of halogens is 1. The fourth-order valence-corrected chi connectivity index (χ4v) is 2.55. The fourth-order valence-electron chi connectivity index (χ4n) is 1.95. The maximum absolute atomic E-state index is 5.47. The molecule has 2 N–H and O–H groups in total. The largest absolute Gasteiger partial charge is 0.468 e. The summed E-state index contributed by atoms with van der Waals surface area (Å²) in [6, 6.07) is 11.9. The average molecular weight is 368 g/mol. The molecule has 21 heavy (non-hydrogen) atoms. The smallest absolute Gasteiger partial charge is 0.170 e. The summed E-state index contributed by atoms with van der Waals surface area (Å²) in [6.45, 7) is 0.667. The maximum atomic E-state index is 5.47. The molecule has 0 amide bonds. The summed E-state index contributed by atoms with van der Waals surface area (Å²) >= 11 is 8.76. The van der Waals surface area contributed by atoms with Crippen molar-refractivity contribution in [2.75, 3.05) is 26.0 Å². The van der Waals surface area contributed by atoms with Gasteiger partial charge in [-0.1, -0.05) is 22.0 Å². The van der Waals surface area contributed by atoms with Crippen molar-refractivity contribution < 1.29 is 4.42 Å². The molecule has 0 aliphatic carbocycles. The molecule has 2 aromatic rings. The summed E-state index contributed by atoms with van der Waals surface area (Å²) in [5.74, 6) is 0.915. The van der Waals surface area contributed by atoms with Crippen LogP contribution in [0.5, 0.6) is 0 Å². The van der Waals surface area contributed by atoms with Gasteiger partial charge in [0.05, 0.1) is 12.3 Å². The molecule has 0 unspecified atom stereocenters. The zero-order valence-corrected chi connectivity index (χ0v) is 14.4. The number of anilines is 1. The van der Waals surface area contributed by atoms with Crippen LogP contribution in [0.25, 0.3) is 0 Å². The standard InChI is InChI=1S/C15H18BrN3OS/c1-19(2)13(14-7-4-8-20-14)10-17-15(21)18-12-6-3-5-11(16)9-12/h3-9,13H,10H2,1-2H3,(H2,17,18,21)/t13-/m0/s1. The van der Waals surface area contributed by atoms with Crippen LogP contribution in [0.4, 0.5) is 5.69 Å². The van der Waals surface area contributed by atoms with Gasteiger partial charge in [-0.3, -0.25) is 4.90 Å². The molecule has 1 aromatic heterocycles. The Hall–Kier alpha value is -1.37. The molecule has 112 valence electrons. The van der Waals surface area contributed by atoms with Crippen molar-refractivity contribution in [1.29, 1.82) is 0 Å². The minimum Gasteiger partial charge on any atom is -0.468 e. The monoisotopic (exact) mass is 367 g/mol. The zero-order valence-electron chi connectivity index (χ0n) is 12.0. The Morgan fingerprint density at radius 2 is 2.14 bits per heavy atom. The second-order valence-corrected chi connectivity index (χ2v) is 6.16. The van der Waals surface area contributed by atoms with Gasteiger partial charge in [0.15, 0.2) is 5.11 Å². The predicted molar refractivity (Wildman–Crippen MR) is 93.5 cm³/mol. The lowest BCUT2D eigenvalue weighted by molar-refractivity contribution is 0.259. The molecular formula is C15H18BrN3OS. The lowest BCUT2D eigenvalue weighted by Crippen LogP contribution is -2.36. The molecule has 0 bridgehead atoms. The highest BCUT2D eigenvalue weighted by Gasteiger charge is 2.16. The molecule has 0 fully saturated rings. The van der Waals surface area contributed by atoms with Gasteiger partial charge in [-0.25, -0.2) is 0 Å². The summed E-state index contributed by atoms with van der Waals surface area (Å²) in [5.41, 5.74) is 0.946. The first kappa shape index (κ1) is 16.0. The van der Waals surface area contributed by atoms with E-state index in [1.165, 1.54) is 0 Å². The van der Waals surface area contributed by atoms with Crippen LogP contribution in [0, 0.1) is 0 Å². The van der Waals surface area contributed by atoms with Gasteiger partial charge in [0, 0.05) is 16.7 Å². The Kier molecular flexibility index (Phi) is 5.78. The van der Waals surface area contributed by atoms with Crippen LogP contribution in [0.3, 0.4) is 0 Å². The molecule has 1 heterocycles. The normalized spacial score (nSPS) is 12.2. The van der Waals surface area contributed by atoms with Crippen molar-refractivity contribution in [2.24, 2.45) is 0 Å².